The first-order valence-corrected chi connectivity index (χ1v) is 11.2. The topological polar surface area (TPSA) is 88.9 Å². The van der Waals surface area contributed by atoms with Crippen LogP contribution < -0.4 is 14.8 Å². The Balaban J connectivity index is 1.20. The number of ether oxygens (including phenoxy) is 2. The number of imidazole rings is 1. The quantitative estimate of drug-likeness (QED) is 0.592. The van der Waals surface area contributed by atoms with E-state index in [4.69, 9.17) is 26.1 Å². The van der Waals surface area contributed by atoms with Gasteiger partial charge in [0.15, 0.2) is 11.5 Å². The molecule has 0 bridgehead atoms. The van der Waals surface area contributed by atoms with Gasteiger partial charge in [0.25, 0.3) is 0 Å². The zero-order chi connectivity index (χ0) is 22.1. The number of anilines is 1. The summed E-state index contributed by atoms with van der Waals surface area (Å²) in [4.78, 5) is 19.8. The number of benzene rings is 2. The second kappa shape index (κ2) is 8.97. The van der Waals surface area contributed by atoms with Crippen molar-refractivity contribution in [1.29, 1.82) is 0 Å². The van der Waals surface area contributed by atoms with E-state index in [1.165, 1.54) is 0 Å². The van der Waals surface area contributed by atoms with Crippen molar-refractivity contribution in [3.8, 4) is 11.5 Å². The van der Waals surface area contributed by atoms with E-state index in [-0.39, 0.29) is 25.2 Å². The van der Waals surface area contributed by atoms with Crippen LogP contribution in [0.1, 0.15) is 18.7 Å². The number of nitrogens with zero attached hydrogens (tertiary/aromatic N) is 3. The Kier molecular flexibility index (Phi) is 5.91. The summed E-state index contributed by atoms with van der Waals surface area (Å²) in [5, 5.41) is 13.2. The lowest BCUT2D eigenvalue weighted by Gasteiger charge is -2.31. The van der Waals surface area contributed by atoms with Crippen LogP contribution in [0.25, 0.3) is 11.0 Å². The monoisotopic (exact) mass is 456 g/mol. The highest BCUT2D eigenvalue weighted by molar-refractivity contribution is 6.31. The average molecular weight is 457 g/mol. The summed E-state index contributed by atoms with van der Waals surface area (Å²) in [6.07, 6.45) is 1.56. The number of halogens is 1. The highest BCUT2D eigenvalue weighted by atomic mass is 35.5. The van der Waals surface area contributed by atoms with Gasteiger partial charge in [-0.05, 0) is 56.3 Å². The molecule has 3 heterocycles. The molecule has 2 aromatic carbocycles. The zero-order valence-corrected chi connectivity index (χ0v) is 18.3. The lowest BCUT2D eigenvalue weighted by Crippen LogP contribution is -2.38. The SMILES string of the molecule is O=C(Nc1ccc2c(c1)OCO2)C1CCN(Cc2nc3ccc(Cl)cc3n2CCO)CC1. The van der Waals surface area contributed by atoms with Gasteiger partial charge in [0.05, 0.1) is 24.2 Å². The molecule has 1 amide bonds. The van der Waals surface area contributed by atoms with Crippen LogP contribution in [0.2, 0.25) is 5.02 Å². The molecular weight excluding hydrogens is 432 g/mol. The van der Waals surface area contributed by atoms with Crippen molar-refractivity contribution in [2.45, 2.75) is 25.9 Å². The maximum Gasteiger partial charge on any atom is 0.231 e. The van der Waals surface area contributed by atoms with Gasteiger partial charge < -0.3 is 24.5 Å². The summed E-state index contributed by atoms with van der Waals surface area (Å²) in [6.45, 7) is 3.01. The van der Waals surface area contributed by atoms with Crippen molar-refractivity contribution in [2.24, 2.45) is 5.92 Å². The van der Waals surface area contributed by atoms with Crippen LogP contribution in [0.15, 0.2) is 36.4 Å². The molecular formula is C23H25ClN4O4. The van der Waals surface area contributed by atoms with Crippen molar-refractivity contribution in [3.63, 3.8) is 0 Å². The number of carbonyl (C=O) groups excluding carboxylic acids is 1. The third kappa shape index (κ3) is 4.26. The minimum Gasteiger partial charge on any atom is -0.454 e. The Hall–Kier alpha value is -2.81. The predicted octanol–water partition coefficient (Wildman–Crippen LogP) is 3.26. The number of hydrogen-bond donors (Lipinski definition) is 2. The lowest BCUT2D eigenvalue weighted by molar-refractivity contribution is -0.121. The zero-order valence-electron chi connectivity index (χ0n) is 17.6. The number of rotatable bonds is 6. The van der Waals surface area contributed by atoms with Crippen LogP contribution in [0.5, 0.6) is 11.5 Å². The number of likely N-dealkylation sites (tertiary alicyclic amines) is 1. The van der Waals surface area contributed by atoms with Gasteiger partial charge in [0.1, 0.15) is 5.82 Å². The Bertz CT molecular complexity index is 1140. The number of aliphatic hydroxyl groups excluding tert-OH is 1. The van der Waals surface area contributed by atoms with E-state index >= 15 is 0 Å². The van der Waals surface area contributed by atoms with Crippen molar-refractivity contribution in [1.82, 2.24) is 14.5 Å². The molecule has 2 N–H and O–H groups in total. The average Bonchev–Trinajstić information content (AvgIpc) is 3.39. The number of piperidine rings is 1. The molecule has 168 valence electrons. The van der Waals surface area contributed by atoms with E-state index < -0.39 is 0 Å². The fourth-order valence-corrected chi connectivity index (χ4v) is 4.55. The first-order chi connectivity index (χ1) is 15.6. The van der Waals surface area contributed by atoms with Crippen molar-refractivity contribution >= 4 is 34.2 Å². The Morgan fingerprint density at radius 1 is 1.16 bits per heavy atom. The first-order valence-electron chi connectivity index (χ1n) is 10.8. The molecule has 0 radical (unpaired) electrons. The second-order valence-electron chi connectivity index (χ2n) is 8.14. The van der Waals surface area contributed by atoms with E-state index in [1.807, 2.05) is 34.9 Å². The highest BCUT2D eigenvalue weighted by Gasteiger charge is 2.26. The molecule has 5 rings (SSSR count). The number of amides is 1. The number of aliphatic hydroxyl groups is 1. The molecule has 9 heteroatoms. The van der Waals surface area contributed by atoms with Crippen LogP contribution in [-0.4, -0.2) is 52.0 Å². The number of carbonyl (C=O) groups is 1. The van der Waals surface area contributed by atoms with Crippen LogP contribution in [0.3, 0.4) is 0 Å². The van der Waals surface area contributed by atoms with Gasteiger partial charge >= 0.3 is 0 Å². The molecule has 0 atom stereocenters. The number of nitrogens with one attached hydrogen (secondary N) is 1. The van der Waals surface area contributed by atoms with Gasteiger partial charge in [-0.3, -0.25) is 9.69 Å². The van der Waals surface area contributed by atoms with Crippen molar-refractivity contribution in [3.05, 3.63) is 47.2 Å². The number of hydrogen-bond acceptors (Lipinski definition) is 6. The normalized spacial score (nSPS) is 16.6. The van der Waals surface area contributed by atoms with Crippen molar-refractivity contribution < 1.29 is 19.4 Å². The molecule has 3 aromatic rings. The minimum absolute atomic E-state index is 0.0330. The molecule has 0 saturated carbocycles. The summed E-state index contributed by atoms with van der Waals surface area (Å²) >= 11 is 6.16. The molecule has 1 aromatic heterocycles. The van der Waals surface area contributed by atoms with Gasteiger partial charge in [-0.2, -0.15) is 0 Å². The molecule has 0 spiro atoms. The van der Waals surface area contributed by atoms with Gasteiger partial charge in [-0.15, -0.1) is 0 Å². The third-order valence-corrected chi connectivity index (χ3v) is 6.31. The summed E-state index contributed by atoms with van der Waals surface area (Å²) < 4.78 is 12.7. The van der Waals surface area contributed by atoms with Crippen LogP contribution in [0, 0.1) is 5.92 Å². The molecule has 2 aliphatic heterocycles. The van der Waals surface area contributed by atoms with E-state index in [0.29, 0.717) is 29.6 Å². The Morgan fingerprint density at radius 2 is 1.97 bits per heavy atom. The van der Waals surface area contributed by atoms with E-state index in [0.717, 1.165) is 48.5 Å². The fraction of sp³-hybridized carbons (Fsp3) is 0.391. The standard InChI is InChI=1S/C23H25ClN4O4/c24-16-1-3-18-19(11-16)28(9-10-29)22(26-18)13-27-7-5-15(6-8-27)23(30)25-17-2-4-20-21(12-17)32-14-31-20/h1-4,11-12,15,29H,5-10,13-14H2,(H,25,30). The smallest absolute Gasteiger partial charge is 0.231 e. The summed E-state index contributed by atoms with van der Waals surface area (Å²) in [5.41, 5.74) is 2.52. The van der Waals surface area contributed by atoms with Crippen molar-refractivity contribution in [2.75, 3.05) is 31.8 Å². The van der Waals surface area contributed by atoms with E-state index in [1.54, 1.807) is 6.07 Å². The molecule has 1 fully saturated rings. The van der Waals surface area contributed by atoms with Crippen LogP contribution in [-0.2, 0) is 17.9 Å². The van der Waals surface area contributed by atoms with Gasteiger partial charge in [0, 0.05) is 29.2 Å². The third-order valence-electron chi connectivity index (χ3n) is 6.08. The molecule has 0 unspecified atom stereocenters. The fourth-order valence-electron chi connectivity index (χ4n) is 4.39. The number of aromatic nitrogens is 2. The summed E-state index contributed by atoms with van der Waals surface area (Å²) in [7, 11) is 0. The maximum atomic E-state index is 12.8. The molecule has 32 heavy (non-hydrogen) atoms. The molecule has 8 nitrogen and oxygen atoms in total. The minimum atomic E-state index is -0.0354. The molecule has 2 aliphatic rings. The predicted molar refractivity (Wildman–Crippen MR) is 121 cm³/mol. The number of fused-ring (bicyclic) bond motifs is 2. The first kappa shape index (κ1) is 21.1. The summed E-state index contributed by atoms with van der Waals surface area (Å²) in [6, 6.07) is 11.1. The highest BCUT2D eigenvalue weighted by Crippen LogP contribution is 2.34. The lowest BCUT2D eigenvalue weighted by atomic mass is 9.95. The van der Waals surface area contributed by atoms with Gasteiger partial charge in [0.2, 0.25) is 12.7 Å². The largest absolute Gasteiger partial charge is 0.454 e. The van der Waals surface area contributed by atoms with Gasteiger partial charge in [-0.1, -0.05) is 11.6 Å². The Morgan fingerprint density at radius 3 is 2.78 bits per heavy atom. The molecule has 1 saturated heterocycles. The van der Waals surface area contributed by atoms with E-state index in [9.17, 15) is 9.90 Å². The van der Waals surface area contributed by atoms with E-state index in [2.05, 4.69) is 10.2 Å². The Labute approximate surface area is 190 Å². The molecule has 0 aliphatic carbocycles. The summed E-state index contributed by atoms with van der Waals surface area (Å²) in [5.74, 6) is 2.26. The van der Waals surface area contributed by atoms with Crippen LogP contribution >= 0.6 is 11.6 Å². The maximum absolute atomic E-state index is 12.8. The van der Waals surface area contributed by atoms with Crippen LogP contribution in [0.4, 0.5) is 5.69 Å². The second-order valence-corrected chi connectivity index (χ2v) is 8.58. The van der Waals surface area contributed by atoms with Gasteiger partial charge in [-0.25, -0.2) is 4.98 Å².